The highest BCUT2D eigenvalue weighted by molar-refractivity contribution is 7.80. The molecule has 1 unspecified atom stereocenters. The number of nitrogens with one attached hydrogen (secondary N) is 2. The molecule has 2 N–H and O–H groups in total. The predicted molar refractivity (Wildman–Crippen MR) is 87.2 cm³/mol. The molecule has 8 heteroatoms. The molecular formula is C15H17F3N4S. The highest BCUT2D eigenvalue weighted by Gasteiger charge is 2.30. The molecule has 0 fully saturated rings. The topological polar surface area (TPSA) is 41.9 Å². The molecule has 4 nitrogen and oxygen atoms in total. The van der Waals surface area contributed by atoms with Crippen molar-refractivity contribution in [2.75, 3.05) is 5.32 Å². The van der Waals surface area contributed by atoms with Crippen LogP contribution in [-0.2, 0) is 13.2 Å². The molecule has 0 saturated carbocycles. The third-order valence-electron chi connectivity index (χ3n) is 3.31. The number of rotatable bonds is 3. The Kier molecular flexibility index (Phi) is 4.93. The van der Waals surface area contributed by atoms with Crippen molar-refractivity contribution in [2.24, 2.45) is 7.05 Å². The number of anilines is 1. The van der Waals surface area contributed by atoms with Crippen LogP contribution in [0, 0.1) is 6.92 Å². The Morgan fingerprint density at radius 3 is 2.61 bits per heavy atom. The average molecular weight is 342 g/mol. The summed E-state index contributed by atoms with van der Waals surface area (Å²) in [6.07, 6.45) is -2.51. The van der Waals surface area contributed by atoms with E-state index in [1.807, 2.05) is 27.1 Å². The van der Waals surface area contributed by atoms with Crippen LogP contribution in [0.1, 0.15) is 29.8 Å². The SMILES string of the molecule is Cc1nn(C)cc1C(C)NC(=S)Nc1cccc(C(F)(F)F)c1. The van der Waals surface area contributed by atoms with E-state index in [0.29, 0.717) is 0 Å². The van der Waals surface area contributed by atoms with E-state index in [0.717, 1.165) is 23.4 Å². The Hall–Kier alpha value is -2.09. The van der Waals surface area contributed by atoms with E-state index in [-0.39, 0.29) is 16.8 Å². The van der Waals surface area contributed by atoms with Gasteiger partial charge in [0.1, 0.15) is 0 Å². The van der Waals surface area contributed by atoms with E-state index >= 15 is 0 Å². The molecular weight excluding hydrogens is 325 g/mol. The van der Waals surface area contributed by atoms with Crippen molar-refractivity contribution >= 4 is 23.0 Å². The van der Waals surface area contributed by atoms with E-state index in [1.54, 1.807) is 4.68 Å². The number of aromatic nitrogens is 2. The average Bonchev–Trinajstić information content (AvgIpc) is 2.77. The van der Waals surface area contributed by atoms with Gasteiger partial charge in [0, 0.05) is 24.5 Å². The fourth-order valence-electron chi connectivity index (χ4n) is 2.26. The van der Waals surface area contributed by atoms with E-state index in [4.69, 9.17) is 12.2 Å². The van der Waals surface area contributed by atoms with Crippen molar-refractivity contribution in [3.8, 4) is 0 Å². The first-order valence-electron chi connectivity index (χ1n) is 6.91. The molecule has 1 aromatic heterocycles. The number of benzene rings is 1. The predicted octanol–water partition coefficient (Wildman–Crippen LogP) is 3.79. The molecule has 0 aliphatic rings. The molecule has 23 heavy (non-hydrogen) atoms. The molecule has 1 atom stereocenters. The molecule has 1 heterocycles. The van der Waals surface area contributed by atoms with Crippen molar-refractivity contribution in [3.05, 3.63) is 47.3 Å². The minimum Gasteiger partial charge on any atom is -0.356 e. The number of hydrogen-bond donors (Lipinski definition) is 2. The summed E-state index contributed by atoms with van der Waals surface area (Å²) in [6.45, 7) is 3.79. The zero-order chi connectivity index (χ0) is 17.2. The molecule has 0 amide bonds. The third-order valence-corrected chi connectivity index (χ3v) is 3.53. The minimum atomic E-state index is -4.38. The molecule has 0 aliphatic heterocycles. The van der Waals surface area contributed by atoms with Crippen molar-refractivity contribution < 1.29 is 13.2 Å². The molecule has 0 saturated heterocycles. The van der Waals surface area contributed by atoms with Gasteiger partial charge in [-0.05, 0) is 44.3 Å². The lowest BCUT2D eigenvalue weighted by Crippen LogP contribution is -2.31. The van der Waals surface area contributed by atoms with Gasteiger partial charge in [0.2, 0.25) is 0 Å². The van der Waals surface area contributed by atoms with Gasteiger partial charge in [0.05, 0.1) is 17.3 Å². The minimum absolute atomic E-state index is 0.116. The Morgan fingerprint density at radius 1 is 1.35 bits per heavy atom. The lowest BCUT2D eigenvalue weighted by molar-refractivity contribution is -0.137. The van der Waals surface area contributed by atoms with Gasteiger partial charge >= 0.3 is 6.18 Å². The number of halogens is 3. The van der Waals surface area contributed by atoms with Crippen LogP contribution in [0.25, 0.3) is 0 Å². The largest absolute Gasteiger partial charge is 0.416 e. The summed E-state index contributed by atoms with van der Waals surface area (Å²) in [5, 5.41) is 10.3. The summed E-state index contributed by atoms with van der Waals surface area (Å²) in [5.41, 5.74) is 1.41. The van der Waals surface area contributed by atoms with Gasteiger partial charge in [-0.2, -0.15) is 18.3 Å². The maximum atomic E-state index is 12.7. The number of alkyl halides is 3. The number of thiocarbonyl (C=S) groups is 1. The zero-order valence-electron chi connectivity index (χ0n) is 12.9. The Morgan fingerprint density at radius 2 is 2.04 bits per heavy atom. The highest BCUT2D eigenvalue weighted by Crippen LogP contribution is 2.30. The lowest BCUT2D eigenvalue weighted by Gasteiger charge is -2.17. The van der Waals surface area contributed by atoms with Crippen molar-refractivity contribution in [1.82, 2.24) is 15.1 Å². The highest BCUT2D eigenvalue weighted by atomic mass is 32.1. The van der Waals surface area contributed by atoms with E-state index < -0.39 is 11.7 Å². The zero-order valence-corrected chi connectivity index (χ0v) is 13.7. The van der Waals surface area contributed by atoms with Crippen LogP contribution < -0.4 is 10.6 Å². The lowest BCUT2D eigenvalue weighted by atomic mass is 10.1. The Bertz CT molecular complexity index is 709. The molecule has 2 rings (SSSR count). The van der Waals surface area contributed by atoms with Gasteiger partial charge in [0.25, 0.3) is 0 Å². The molecule has 0 spiro atoms. The first-order chi connectivity index (χ1) is 10.7. The first-order valence-corrected chi connectivity index (χ1v) is 7.32. The van der Waals surface area contributed by atoms with Crippen molar-refractivity contribution in [3.63, 3.8) is 0 Å². The van der Waals surface area contributed by atoms with Gasteiger partial charge in [-0.25, -0.2) is 0 Å². The summed E-state index contributed by atoms with van der Waals surface area (Å²) < 4.78 is 39.8. The standard InChI is InChI=1S/C15H17F3N4S/c1-9(13-8-22(3)21-10(13)2)19-14(23)20-12-6-4-5-11(7-12)15(16,17)18/h4-9H,1-3H3,(H2,19,20,23). The Balaban J connectivity index is 2.04. The van der Waals surface area contributed by atoms with Crippen LogP contribution >= 0.6 is 12.2 Å². The van der Waals surface area contributed by atoms with Gasteiger partial charge in [-0.15, -0.1) is 0 Å². The first kappa shape index (κ1) is 17.3. The molecule has 0 radical (unpaired) electrons. The monoisotopic (exact) mass is 342 g/mol. The molecule has 1 aromatic carbocycles. The van der Waals surface area contributed by atoms with Gasteiger partial charge < -0.3 is 10.6 Å². The third kappa shape index (κ3) is 4.44. The maximum absolute atomic E-state index is 12.7. The van der Waals surface area contributed by atoms with Crippen LogP contribution in [0.15, 0.2) is 30.5 Å². The normalized spacial score (nSPS) is 12.8. The summed E-state index contributed by atoms with van der Waals surface area (Å²) in [6, 6.07) is 4.79. The van der Waals surface area contributed by atoms with Crippen LogP contribution in [0.4, 0.5) is 18.9 Å². The van der Waals surface area contributed by atoms with Gasteiger partial charge in [-0.1, -0.05) is 6.07 Å². The Labute approximate surface area is 137 Å². The molecule has 0 aliphatic carbocycles. The van der Waals surface area contributed by atoms with Crippen LogP contribution in [0.2, 0.25) is 0 Å². The second kappa shape index (κ2) is 6.57. The molecule has 2 aromatic rings. The van der Waals surface area contributed by atoms with Crippen LogP contribution in [0.5, 0.6) is 0 Å². The smallest absolute Gasteiger partial charge is 0.356 e. The summed E-state index contributed by atoms with van der Waals surface area (Å²) >= 11 is 5.17. The number of aryl methyl sites for hydroxylation is 2. The fourth-order valence-corrected chi connectivity index (χ4v) is 2.55. The quantitative estimate of drug-likeness (QED) is 0.833. The number of hydrogen-bond acceptors (Lipinski definition) is 2. The molecule has 0 bridgehead atoms. The second-order valence-corrected chi connectivity index (χ2v) is 5.65. The van der Waals surface area contributed by atoms with Crippen LogP contribution in [0.3, 0.4) is 0 Å². The summed E-state index contributed by atoms with van der Waals surface area (Å²) in [7, 11) is 1.82. The van der Waals surface area contributed by atoms with Crippen molar-refractivity contribution in [1.29, 1.82) is 0 Å². The van der Waals surface area contributed by atoms with E-state index in [2.05, 4.69) is 15.7 Å². The molecule has 124 valence electrons. The summed E-state index contributed by atoms with van der Waals surface area (Å²) in [5.74, 6) is 0. The van der Waals surface area contributed by atoms with Gasteiger partial charge in [0.15, 0.2) is 5.11 Å². The fraction of sp³-hybridized carbons (Fsp3) is 0.333. The van der Waals surface area contributed by atoms with E-state index in [9.17, 15) is 13.2 Å². The van der Waals surface area contributed by atoms with E-state index in [1.165, 1.54) is 12.1 Å². The van der Waals surface area contributed by atoms with Gasteiger partial charge in [-0.3, -0.25) is 4.68 Å². The maximum Gasteiger partial charge on any atom is 0.416 e. The van der Waals surface area contributed by atoms with Crippen LogP contribution in [-0.4, -0.2) is 14.9 Å². The second-order valence-electron chi connectivity index (χ2n) is 5.24. The number of nitrogens with zero attached hydrogens (tertiary/aromatic N) is 2. The summed E-state index contributed by atoms with van der Waals surface area (Å²) in [4.78, 5) is 0. The van der Waals surface area contributed by atoms with Crippen molar-refractivity contribution in [2.45, 2.75) is 26.1 Å².